The van der Waals surface area contributed by atoms with Gasteiger partial charge < -0.3 is 9.53 Å². The van der Waals surface area contributed by atoms with E-state index in [1.54, 1.807) is 0 Å². The van der Waals surface area contributed by atoms with E-state index in [4.69, 9.17) is 4.74 Å². The number of amides is 1. The molecule has 2 rings (SSSR count). The molecular formula is C14H17NO3. The predicted octanol–water partition coefficient (Wildman–Crippen LogP) is 2.38. The molecule has 2 atom stereocenters. The Labute approximate surface area is 107 Å². The van der Waals surface area contributed by atoms with Crippen molar-refractivity contribution in [3.05, 3.63) is 35.9 Å². The molecule has 0 radical (unpaired) electrons. The second kappa shape index (κ2) is 5.67. The third-order valence-electron chi connectivity index (χ3n) is 3.29. The average molecular weight is 247 g/mol. The smallest absolute Gasteiger partial charge is 0.410 e. The van der Waals surface area contributed by atoms with E-state index in [-0.39, 0.29) is 18.7 Å². The van der Waals surface area contributed by atoms with Crippen LogP contribution >= 0.6 is 0 Å². The van der Waals surface area contributed by atoms with Gasteiger partial charge in [0.15, 0.2) is 0 Å². The first-order valence-electron chi connectivity index (χ1n) is 6.16. The molecule has 0 saturated carbocycles. The van der Waals surface area contributed by atoms with E-state index in [1.165, 1.54) is 4.90 Å². The highest BCUT2D eigenvalue weighted by atomic mass is 16.6. The summed E-state index contributed by atoms with van der Waals surface area (Å²) in [5, 5.41) is 0. The molecule has 4 heteroatoms. The lowest BCUT2D eigenvalue weighted by atomic mass is 10.2. The monoisotopic (exact) mass is 247 g/mol. The first-order chi connectivity index (χ1) is 8.72. The van der Waals surface area contributed by atoms with Gasteiger partial charge in [-0.15, -0.1) is 0 Å². The van der Waals surface area contributed by atoms with Gasteiger partial charge in [0, 0.05) is 6.04 Å². The number of aldehydes is 1. The number of hydrogen-bond donors (Lipinski definition) is 0. The first-order valence-corrected chi connectivity index (χ1v) is 6.16. The molecule has 0 aromatic heterocycles. The molecule has 18 heavy (non-hydrogen) atoms. The van der Waals surface area contributed by atoms with Crippen LogP contribution in [0.5, 0.6) is 0 Å². The van der Waals surface area contributed by atoms with Crippen LogP contribution < -0.4 is 0 Å². The Morgan fingerprint density at radius 3 is 2.78 bits per heavy atom. The van der Waals surface area contributed by atoms with Crippen LogP contribution in [0.4, 0.5) is 4.79 Å². The first kappa shape index (κ1) is 12.6. The maximum absolute atomic E-state index is 11.9. The Balaban J connectivity index is 1.93. The highest BCUT2D eigenvalue weighted by molar-refractivity contribution is 5.74. The normalized spacial score (nSPS) is 22.8. The van der Waals surface area contributed by atoms with Crippen molar-refractivity contribution in [3.8, 4) is 0 Å². The van der Waals surface area contributed by atoms with Crippen LogP contribution in [-0.2, 0) is 16.1 Å². The average Bonchev–Trinajstić information content (AvgIpc) is 2.78. The minimum Gasteiger partial charge on any atom is -0.445 e. The Morgan fingerprint density at radius 2 is 2.11 bits per heavy atom. The zero-order chi connectivity index (χ0) is 13.0. The van der Waals surface area contributed by atoms with Crippen LogP contribution in [0, 0.1) is 0 Å². The maximum Gasteiger partial charge on any atom is 0.410 e. The number of rotatable bonds is 3. The number of benzene rings is 1. The van der Waals surface area contributed by atoms with Gasteiger partial charge in [-0.05, 0) is 25.3 Å². The van der Waals surface area contributed by atoms with E-state index < -0.39 is 6.09 Å². The van der Waals surface area contributed by atoms with Crippen molar-refractivity contribution in [1.29, 1.82) is 0 Å². The van der Waals surface area contributed by atoms with Crippen molar-refractivity contribution in [3.63, 3.8) is 0 Å². The summed E-state index contributed by atoms with van der Waals surface area (Å²) in [5.74, 6) is 0. The van der Waals surface area contributed by atoms with Gasteiger partial charge in [0.05, 0.1) is 6.04 Å². The summed E-state index contributed by atoms with van der Waals surface area (Å²) in [7, 11) is 0. The number of hydrogen-bond acceptors (Lipinski definition) is 3. The van der Waals surface area contributed by atoms with Crippen LogP contribution in [0.25, 0.3) is 0 Å². The van der Waals surface area contributed by atoms with E-state index >= 15 is 0 Å². The molecule has 0 N–H and O–H groups in total. The Morgan fingerprint density at radius 1 is 1.39 bits per heavy atom. The summed E-state index contributed by atoms with van der Waals surface area (Å²) in [6, 6.07) is 9.25. The molecule has 1 amide bonds. The van der Waals surface area contributed by atoms with E-state index in [2.05, 4.69) is 0 Å². The zero-order valence-corrected chi connectivity index (χ0v) is 10.4. The molecule has 96 valence electrons. The van der Waals surface area contributed by atoms with Crippen LogP contribution in [0.15, 0.2) is 30.3 Å². The molecule has 1 aliphatic rings. The fraction of sp³-hybridized carbons (Fsp3) is 0.429. The Hall–Kier alpha value is -1.84. The van der Waals surface area contributed by atoms with Crippen molar-refractivity contribution in [2.75, 3.05) is 0 Å². The molecular weight excluding hydrogens is 230 g/mol. The van der Waals surface area contributed by atoms with Crippen molar-refractivity contribution < 1.29 is 14.3 Å². The molecule has 0 aliphatic carbocycles. The summed E-state index contributed by atoms with van der Waals surface area (Å²) in [4.78, 5) is 24.4. The van der Waals surface area contributed by atoms with Gasteiger partial charge in [0.2, 0.25) is 0 Å². The number of carbonyl (C=O) groups excluding carboxylic acids is 2. The molecule has 1 aromatic carbocycles. The van der Waals surface area contributed by atoms with Crippen LogP contribution in [0.1, 0.15) is 25.3 Å². The molecule has 1 heterocycles. The fourth-order valence-electron chi connectivity index (χ4n) is 2.26. The number of ether oxygens (including phenoxy) is 1. The van der Waals surface area contributed by atoms with Crippen LogP contribution in [-0.4, -0.2) is 29.4 Å². The summed E-state index contributed by atoms with van der Waals surface area (Å²) >= 11 is 0. The predicted molar refractivity (Wildman–Crippen MR) is 67.0 cm³/mol. The van der Waals surface area contributed by atoms with E-state index in [0.29, 0.717) is 0 Å². The molecule has 1 fully saturated rings. The largest absolute Gasteiger partial charge is 0.445 e. The number of carbonyl (C=O) groups is 2. The second-order valence-electron chi connectivity index (χ2n) is 4.58. The third kappa shape index (κ3) is 2.70. The number of likely N-dealkylation sites (tertiary alicyclic amines) is 1. The molecule has 1 aromatic rings. The molecule has 0 bridgehead atoms. The summed E-state index contributed by atoms with van der Waals surface area (Å²) in [6.45, 7) is 2.18. The summed E-state index contributed by atoms with van der Waals surface area (Å²) in [5.41, 5.74) is 0.945. The van der Waals surface area contributed by atoms with E-state index in [1.807, 2.05) is 37.3 Å². The summed E-state index contributed by atoms with van der Waals surface area (Å²) in [6.07, 6.45) is 2.00. The minimum atomic E-state index is -0.402. The van der Waals surface area contributed by atoms with E-state index in [9.17, 15) is 9.59 Å². The lowest BCUT2D eigenvalue weighted by Gasteiger charge is -2.24. The Kier molecular flexibility index (Phi) is 3.97. The fourth-order valence-corrected chi connectivity index (χ4v) is 2.26. The van der Waals surface area contributed by atoms with Gasteiger partial charge >= 0.3 is 6.09 Å². The van der Waals surface area contributed by atoms with Gasteiger partial charge in [0.1, 0.15) is 12.9 Å². The van der Waals surface area contributed by atoms with Crippen LogP contribution in [0.2, 0.25) is 0 Å². The summed E-state index contributed by atoms with van der Waals surface area (Å²) < 4.78 is 5.24. The lowest BCUT2D eigenvalue weighted by Crippen LogP contribution is -2.41. The van der Waals surface area contributed by atoms with Crippen LogP contribution in [0.3, 0.4) is 0 Å². The van der Waals surface area contributed by atoms with Crippen molar-refractivity contribution in [2.24, 2.45) is 0 Å². The second-order valence-corrected chi connectivity index (χ2v) is 4.58. The van der Waals surface area contributed by atoms with Crippen molar-refractivity contribution in [2.45, 2.75) is 38.5 Å². The van der Waals surface area contributed by atoms with Gasteiger partial charge in [-0.1, -0.05) is 30.3 Å². The molecule has 0 spiro atoms. The topological polar surface area (TPSA) is 46.6 Å². The SMILES string of the molecule is C[C@@H]1CCC(C=O)N1C(=O)OCc1ccccc1. The molecule has 1 saturated heterocycles. The highest BCUT2D eigenvalue weighted by Gasteiger charge is 2.35. The molecule has 1 unspecified atom stereocenters. The van der Waals surface area contributed by atoms with Gasteiger partial charge in [0.25, 0.3) is 0 Å². The number of nitrogens with zero attached hydrogens (tertiary/aromatic N) is 1. The highest BCUT2D eigenvalue weighted by Crippen LogP contribution is 2.23. The standard InChI is InChI=1S/C14H17NO3/c1-11-7-8-13(9-16)15(11)14(17)18-10-12-5-3-2-4-6-12/h2-6,9,11,13H,7-8,10H2,1H3/t11-,13?/m1/s1. The van der Waals surface area contributed by atoms with Gasteiger partial charge in [-0.3, -0.25) is 4.90 Å². The van der Waals surface area contributed by atoms with E-state index in [0.717, 1.165) is 24.7 Å². The van der Waals surface area contributed by atoms with Gasteiger partial charge in [-0.25, -0.2) is 4.79 Å². The molecule has 4 nitrogen and oxygen atoms in total. The Bertz CT molecular complexity index is 418. The maximum atomic E-state index is 11.9. The molecule has 1 aliphatic heterocycles. The van der Waals surface area contributed by atoms with Gasteiger partial charge in [-0.2, -0.15) is 0 Å². The quantitative estimate of drug-likeness (QED) is 0.770. The van der Waals surface area contributed by atoms with Crippen molar-refractivity contribution >= 4 is 12.4 Å². The minimum absolute atomic E-state index is 0.0727. The zero-order valence-electron chi connectivity index (χ0n) is 10.4. The van der Waals surface area contributed by atoms with Crippen molar-refractivity contribution in [1.82, 2.24) is 4.90 Å². The third-order valence-corrected chi connectivity index (χ3v) is 3.29. The lowest BCUT2D eigenvalue weighted by molar-refractivity contribution is -0.111.